The molecule has 0 atom stereocenters. The molecule has 0 aliphatic heterocycles. The van der Waals surface area contributed by atoms with Gasteiger partial charge in [-0.05, 0) is 57.0 Å². The van der Waals surface area contributed by atoms with Crippen LogP contribution in [0.3, 0.4) is 0 Å². The zero-order valence-electron chi connectivity index (χ0n) is 20.7. The largest absolute Gasteiger partial charge is 0.337 e. The number of carbonyl (C=O) groups excluding carboxylic acids is 1. The number of anilines is 2. The first kappa shape index (κ1) is 24.1. The molecule has 0 unspecified atom stereocenters. The summed E-state index contributed by atoms with van der Waals surface area (Å²) in [5.41, 5.74) is 5.32. The van der Waals surface area contributed by atoms with Crippen molar-refractivity contribution in [2.45, 2.75) is 34.1 Å². The van der Waals surface area contributed by atoms with E-state index in [9.17, 15) is 4.79 Å². The Bertz CT molecular complexity index is 1270. The number of para-hydroxylation sites is 2. The number of rotatable bonds is 9. The molecule has 8 nitrogen and oxygen atoms in total. The molecule has 0 saturated carbocycles. The van der Waals surface area contributed by atoms with Gasteiger partial charge in [-0.1, -0.05) is 37.3 Å². The lowest BCUT2D eigenvalue weighted by Crippen LogP contribution is -2.38. The van der Waals surface area contributed by atoms with Crippen molar-refractivity contribution in [1.29, 1.82) is 0 Å². The number of hydrogen-bond donors (Lipinski definition) is 0. The number of aryl methyl sites for hydroxylation is 3. The summed E-state index contributed by atoms with van der Waals surface area (Å²) < 4.78 is 0. The van der Waals surface area contributed by atoms with Gasteiger partial charge in [0, 0.05) is 36.7 Å². The van der Waals surface area contributed by atoms with Gasteiger partial charge in [0.1, 0.15) is 0 Å². The van der Waals surface area contributed by atoms with Crippen LogP contribution in [0.25, 0.3) is 5.69 Å². The molecular formula is C27H31N7O. The number of amides is 1. The van der Waals surface area contributed by atoms with Crippen molar-refractivity contribution in [3.05, 3.63) is 89.5 Å². The quantitative estimate of drug-likeness (QED) is 0.358. The van der Waals surface area contributed by atoms with Crippen LogP contribution in [-0.4, -0.2) is 55.4 Å². The molecule has 0 aliphatic rings. The zero-order valence-corrected chi connectivity index (χ0v) is 20.7. The molecule has 2 aromatic heterocycles. The predicted molar refractivity (Wildman–Crippen MR) is 137 cm³/mol. The third-order valence-electron chi connectivity index (χ3n) is 5.91. The van der Waals surface area contributed by atoms with Gasteiger partial charge in [-0.3, -0.25) is 4.79 Å². The van der Waals surface area contributed by atoms with Crippen LogP contribution in [0.2, 0.25) is 0 Å². The molecule has 0 bridgehead atoms. The Morgan fingerprint density at radius 1 is 0.886 bits per heavy atom. The lowest BCUT2D eigenvalue weighted by atomic mass is 10.1. The van der Waals surface area contributed by atoms with E-state index in [-0.39, 0.29) is 5.91 Å². The molecule has 0 fully saturated rings. The number of likely N-dealkylation sites (N-methyl/N-ethyl adjacent to an activating group) is 1. The fourth-order valence-corrected chi connectivity index (χ4v) is 4.19. The van der Waals surface area contributed by atoms with E-state index in [0.29, 0.717) is 36.8 Å². The van der Waals surface area contributed by atoms with Crippen molar-refractivity contribution < 1.29 is 4.79 Å². The molecule has 8 heteroatoms. The minimum absolute atomic E-state index is 0.0644. The average Bonchev–Trinajstić information content (AvgIpc) is 3.41. The van der Waals surface area contributed by atoms with E-state index in [1.807, 2.05) is 68.1 Å². The lowest BCUT2D eigenvalue weighted by molar-refractivity contribution is 0.0768. The standard InChI is InChI=1S/C27H31N7O/c1-5-22-11-7-9-13-24(22)33(27-30-20(3)19-21(4)31-27)18-17-32(6-2)26(35)23-12-8-10-14-25(23)34-28-15-16-29-34/h7-16,19H,5-6,17-18H2,1-4H3. The summed E-state index contributed by atoms with van der Waals surface area (Å²) in [4.78, 5) is 28.5. The zero-order chi connectivity index (χ0) is 24.8. The third-order valence-corrected chi connectivity index (χ3v) is 5.91. The molecule has 2 aromatic carbocycles. The Morgan fingerprint density at radius 2 is 1.54 bits per heavy atom. The van der Waals surface area contributed by atoms with E-state index >= 15 is 0 Å². The number of benzene rings is 2. The Kier molecular flexibility index (Phi) is 7.50. The summed E-state index contributed by atoms with van der Waals surface area (Å²) in [5, 5.41) is 8.43. The Morgan fingerprint density at radius 3 is 2.23 bits per heavy atom. The normalized spacial score (nSPS) is 10.9. The van der Waals surface area contributed by atoms with Gasteiger partial charge in [0.15, 0.2) is 0 Å². The number of carbonyl (C=O) groups is 1. The van der Waals surface area contributed by atoms with Crippen molar-refractivity contribution in [1.82, 2.24) is 29.9 Å². The summed E-state index contributed by atoms with van der Waals surface area (Å²) in [6.45, 7) is 9.71. The van der Waals surface area contributed by atoms with Gasteiger partial charge in [0.05, 0.1) is 23.6 Å². The molecule has 0 saturated heterocycles. The molecule has 180 valence electrons. The molecule has 4 rings (SSSR count). The minimum Gasteiger partial charge on any atom is -0.337 e. The maximum atomic E-state index is 13.6. The van der Waals surface area contributed by atoms with Crippen LogP contribution in [0.5, 0.6) is 0 Å². The summed E-state index contributed by atoms with van der Waals surface area (Å²) >= 11 is 0. The summed E-state index contributed by atoms with van der Waals surface area (Å²) in [5.74, 6) is 0.582. The van der Waals surface area contributed by atoms with Gasteiger partial charge < -0.3 is 9.80 Å². The van der Waals surface area contributed by atoms with E-state index in [2.05, 4.69) is 34.2 Å². The average molecular weight is 470 g/mol. The maximum Gasteiger partial charge on any atom is 0.256 e. The molecule has 35 heavy (non-hydrogen) atoms. The van der Waals surface area contributed by atoms with E-state index < -0.39 is 0 Å². The number of nitrogens with zero attached hydrogens (tertiary/aromatic N) is 7. The summed E-state index contributed by atoms with van der Waals surface area (Å²) in [6.07, 6.45) is 4.09. The third kappa shape index (κ3) is 5.37. The first-order valence-electron chi connectivity index (χ1n) is 11.9. The van der Waals surface area contributed by atoms with Gasteiger partial charge in [0.2, 0.25) is 5.95 Å². The number of aromatic nitrogens is 5. The minimum atomic E-state index is -0.0644. The summed E-state index contributed by atoms with van der Waals surface area (Å²) in [7, 11) is 0. The lowest BCUT2D eigenvalue weighted by Gasteiger charge is -2.29. The first-order valence-corrected chi connectivity index (χ1v) is 11.9. The van der Waals surface area contributed by atoms with Crippen LogP contribution >= 0.6 is 0 Å². The van der Waals surface area contributed by atoms with Crippen LogP contribution in [0.1, 0.15) is 41.2 Å². The highest BCUT2D eigenvalue weighted by Crippen LogP contribution is 2.27. The summed E-state index contributed by atoms with van der Waals surface area (Å²) in [6, 6.07) is 17.7. The van der Waals surface area contributed by atoms with Crippen molar-refractivity contribution in [2.24, 2.45) is 0 Å². The fraction of sp³-hybridized carbons (Fsp3) is 0.296. The van der Waals surface area contributed by atoms with E-state index in [0.717, 1.165) is 23.5 Å². The highest BCUT2D eigenvalue weighted by atomic mass is 16.2. The molecule has 2 heterocycles. The van der Waals surface area contributed by atoms with Crippen molar-refractivity contribution in [3.8, 4) is 5.69 Å². The molecule has 0 spiro atoms. The van der Waals surface area contributed by atoms with Gasteiger partial charge >= 0.3 is 0 Å². The Balaban J connectivity index is 1.65. The molecule has 0 radical (unpaired) electrons. The molecular weight excluding hydrogens is 438 g/mol. The van der Waals surface area contributed by atoms with Crippen LogP contribution in [0.4, 0.5) is 11.6 Å². The second-order valence-corrected chi connectivity index (χ2v) is 8.31. The Labute approximate surface area is 206 Å². The maximum absolute atomic E-state index is 13.6. The molecule has 4 aromatic rings. The monoisotopic (exact) mass is 469 g/mol. The van der Waals surface area contributed by atoms with Crippen LogP contribution in [-0.2, 0) is 6.42 Å². The van der Waals surface area contributed by atoms with E-state index in [1.165, 1.54) is 10.4 Å². The van der Waals surface area contributed by atoms with Crippen molar-refractivity contribution in [2.75, 3.05) is 24.5 Å². The van der Waals surface area contributed by atoms with Crippen molar-refractivity contribution >= 4 is 17.5 Å². The van der Waals surface area contributed by atoms with Crippen LogP contribution in [0, 0.1) is 13.8 Å². The van der Waals surface area contributed by atoms with Gasteiger partial charge in [-0.15, -0.1) is 0 Å². The van der Waals surface area contributed by atoms with Crippen LogP contribution < -0.4 is 4.90 Å². The second-order valence-electron chi connectivity index (χ2n) is 8.31. The second kappa shape index (κ2) is 10.9. The smallest absolute Gasteiger partial charge is 0.256 e. The van der Waals surface area contributed by atoms with Gasteiger partial charge in [-0.2, -0.15) is 15.0 Å². The fourth-order valence-electron chi connectivity index (χ4n) is 4.19. The topological polar surface area (TPSA) is 80.0 Å². The Hall–Kier alpha value is -4.07. The molecule has 0 aliphatic carbocycles. The molecule has 0 N–H and O–H groups in total. The molecule has 1 amide bonds. The first-order chi connectivity index (χ1) is 17.0. The number of hydrogen-bond acceptors (Lipinski definition) is 6. The van der Waals surface area contributed by atoms with Gasteiger partial charge in [-0.25, -0.2) is 9.97 Å². The SMILES string of the molecule is CCc1ccccc1N(CCN(CC)C(=O)c1ccccc1-n1nccn1)c1nc(C)cc(C)n1. The van der Waals surface area contributed by atoms with E-state index in [4.69, 9.17) is 9.97 Å². The van der Waals surface area contributed by atoms with E-state index in [1.54, 1.807) is 12.4 Å². The van der Waals surface area contributed by atoms with Gasteiger partial charge in [0.25, 0.3) is 5.91 Å². The highest BCUT2D eigenvalue weighted by Gasteiger charge is 2.22. The van der Waals surface area contributed by atoms with Crippen molar-refractivity contribution in [3.63, 3.8) is 0 Å². The van der Waals surface area contributed by atoms with Crippen LogP contribution in [0.15, 0.2) is 67.0 Å². The highest BCUT2D eigenvalue weighted by molar-refractivity contribution is 5.97. The predicted octanol–water partition coefficient (Wildman–Crippen LogP) is 4.54.